The standard InChI is InChI=1S/C13H25NO2/c1-5-8-14-12(16)9-11(10-15)13(4,6-2)7-3/h10-11H,5-9H2,1-4H3,(H,14,16). The molecule has 0 saturated carbocycles. The predicted molar refractivity (Wildman–Crippen MR) is 66.2 cm³/mol. The molecule has 16 heavy (non-hydrogen) atoms. The van der Waals surface area contributed by atoms with Gasteiger partial charge >= 0.3 is 0 Å². The van der Waals surface area contributed by atoms with Gasteiger partial charge in [0, 0.05) is 18.9 Å². The van der Waals surface area contributed by atoms with Crippen molar-refractivity contribution < 1.29 is 9.59 Å². The van der Waals surface area contributed by atoms with Crippen molar-refractivity contribution in [2.45, 2.75) is 53.4 Å². The Bertz CT molecular complexity index is 222. The Hall–Kier alpha value is -0.860. The lowest BCUT2D eigenvalue weighted by Crippen LogP contribution is -2.34. The molecule has 1 atom stereocenters. The van der Waals surface area contributed by atoms with Crippen molar-refractivity contribution in [1.82, 2.24) is 5.32 Å². The van der Waals surface area contributed by atoms with E-state index in [4.69, 9.17) is 0 Å². The number of rotatable bonds is 8. The fraction of sp³-hybridized carbons (Fsp3) is 0.846. The Labute approximate surface area is 99.0 Å². The average Bonchev–Trinajstić information content (AvgIpc) is 2.32. The summed E-state index contributed by atoms with van der Waals surface area (Å²) in [6.45, 7) is 8.94. The summed E-state index contributed by atoms with van der Waals surface area (Å²) in [4.78, 5) is 22.7. The second-order valence-corrected chi connectivity index (χ2v) is 4.66. The van der Waals surface area contributed by atoms with Crippen LogP contribution >= 0.6 is 0 Å². The molecular weight excluding hydrogens is 202 g/mol. The Morgan fingerprint density at radius 1 is 1.31 bits per heavy atom. The molecule has 0 aliphatic heterocycles. The first-order chi connectivity index (χ1) is 7.53. The Balaban J connectivity index is 4.39. The van der Waals surface area contributed by atoms with E-state index < -0.39 is 0 Å². The van der Waals surface area contributed by atoms with Gasteiger partial charge in [-0.2, -0.15) is 0 Å². The number of aldehydes is 1. The van der Waals surface area contributed by atoms with E-state index in [9.17, 15) is 9.59 Å². The van der Waals surface area contributed by atoms with Crippen LogP contribution in [0.5, 0.6) is 0 Å². The van der Waals surface area contributed by atoms with Gasteiger partial charge in [0.15, 0.2) is 0 Å². The monoisotopic (exact) mass is 227 g/mol. The van der Waals surface area contributed by atoms with E-state index in [1.54, 1.807) is 0 Å². The maximum absolute atomic E-state index is 11.6. The van der Waals surface area contributed by atoms with Crippen molar-refractivity contribution in [3.05, 3.63) is 0 Å². The van der Waals surface area contributed by atoms with Gasteiger partial charge in [-0.15, -0.1) is 0 Å². The summed E-state index contributed by atoms with van der Waals surface area (Å²) in [6, 6.07) is 0. The molecule has 3 nitrogen and oxygen atoms in total. The second-order valence-electron chi connectivity index (χ2n) is 4.66. The average molecular weight is 227 g/mol. The molecule has 0 aliphatic carbocycles. The van der Waals surface area contributed by atoms with Crippen molar-refractivity contribution in [2.75, 3.05) is 6.54 Å². The fourth-order valence-corrected chi connectivity index (χ4v) is 1.77. The van der Waals surface area contributed by atoms with E-state index in [2.05, 4.69) is 26.1 Å². The fourth-order valence-electron chi connectivity index (χ4n) is 1.77. The van der Waals surface area contributed by atoms with Gasteiger partial charge in [-0.3, -0.25) is 4.79 Å². The Morgan fingerprint density at radius 3 is 2.25 bits per heavy atom. The van der Waals surface area contributed by atoms with E-state index >= 15 is 0 Å². The minimum Gasteiger partial charge on any atom is -0.356 e. The highest BCUT2D eigenvalue weighted by Gasteiger charge is 2.32. The third-order valence-corrected chi connectivity index (χ3v) is 3.65. The van der Waals surface area contributed by atoms with Gasteiger partial charge in [0.1, 0.15) is 6.29 Å². The number of amides is 1. The van der Waals surface area contributed by atoms with E-state index in [-0.39, 0.29) is 17.2 Å². The minimum absolute atomic E-state index is 0.00734. The molecule has 0 saturated heterocycles. The lowest BCUT2D eigenvalue weighted by atomic mass is 9.72. The molecule has 0 radical (unpaired) electrons. The first-order valence-corrected chi connectivity index (χ1v) is 6.26. The molecule has 0 heterocycles. The second kappa shape index (κ2) is 7.42. The highest BCUT2D eigenvalue weighted by atomic mass is 16.1. The number of hydrogen-bond donors (Lipinski definition) is 1. The van der Waals surface area contributed by atoms with Gasteiger partial charge in [-0.25, -0.2) is 0 Å². The molecule has 1 unspecified atom stereocenters. The van der Waals surface area contributed by atoms with Crippen LogP contribution in [0.2, 0.25) is 0 Å². The first kappa shape index (κ1) is 15.1. The SMILES string of the molecule is CCCNC(=O)CC(C=O)C(C)(CC)CC. The molecule has 0 aliphatic rings. The molecule has 3 heteroatoms. The zero-order valence-electron chi connectivity index (χ0n) is 11.0. The van der Waals surface area contributed by atoms with Gasteiger partial charge in [-0.05, 0) is 11.8 Å². The first-order valence-electron chi connectivity index (χ1n) is 6.26. The number of carbonyl (C=O) groups is 2. The van der Waals surface area contributed by atoms with Crippen molar-refractivity contribution in [1.29, 1.82) is 0 Å². The van der Waals surface area contributed by atoms with E-state index in [0.717, 1.165) is 25.5 Å². The summed E-state index contributed by atoms with van der Waals surface area (Å²) in [5, 5.41) is 2.82. The summed E-state index contributed by atoms with van der Waals surface area (Å²) in [6.07, 6.45) is 4.04. The van der Waals surface area contributed by atoms with Crippen LogP contribution in [0.15, 0.2) is 0 Å². The summed E-state index contributed by atoms with van der Waals surface area (Å²) in [7, 11) is 0. The van der Waals surface area contributed by atoms with Crippen molar-refractivity contribution in [3.63, 3.8) is 0 Å². The van der Waals surface area contributed by atoms with Crippen LogP contribution in [0, 0.1) is 11.3 Å². The zero-order valence-corrected chi connectivity index (χ0v) is 11.0. The third kappa shape index (κ3) is 4.33. The van der Waals surface area contributed by atoms with Crippen LogP contribution in [-0.2, 0) is 9.59 Å². The zero-order chi connectivity index (χ0) is 12.6. The molecule has 0 fully saturated rings. The third-order valence-electron chi connectivity index (χ3n) is 3.65. The van der Waals surface area contributed by atoms with Gasteiger partial charge < -0.3 is 10.1 Å². The highest BCUT2D eigenvalue weighted by molar-refractivity contribution is 5.79. The van der Waals surface area contributed by atoms with Crippen molar-refractivity contribution >= 4 is 12.2 Å². The Kier molecular flexibility index (Phi) is 7.02. The molecule has 0 aromatic heterocycles. The molecular formula is C13H25NO2. The molecule has 0 spiro atoms. The number of nitrogens with one attached hydrogen (secondary N) is 1. The van der Waals surface area contributed by atoms with Crippen LogP contribution in [0.3, 0.4) is 0 Å². The predicted octanol–water partition coefficient (Wildman–Crippen LogP) is 2.54. The minimum atomic E-state index is -0.167. The lowest BCUT2D eigenvalue weighted by Gasteiger charge is -2.32. The highest BCUT2D eigenvalue weighted by Crippen LogP contribution is 2.35. The summed E-state index contributed by atoms with van der Waals surface area (Å²) >= 11 is 0. The molecule has 0 aromatic carbocycles. The van der Waals surface area contributed by atoms with E-state index in [1.165, 1.54) is 0 Å². The van der Waals surface area contributed by atoms with E-state index in [1.807, 2.05) is 6.92 Å². The summed E-state index contributed by atoms with van der Waals surface area (Å²) in [5.41, 5.74) is -0.0503. The lowest BCUT2D eigenvalue weighted by molar-refractivity contribution is -0.127. The molecule has 94 valence electrons. The normalized spacial score (nSPS) is 13.2. The van der Waals surface area contributed by atoms with Crippen LogP contribution < -0.4 is 5.32 Å². The van der Waals surface area contributed by atoms with Gasteiger partial charge in [0.05, 0.1) is 0 Å². The van der Waals surface area contributed by atoms with Gasteiger partial charge in [-0.1, -0.05) is 40.5 Å². The van der Waals surface area contributed by atoms with Gasteiger partial charge in [0.25, 0.3) is 0 Å². The molecule has 0 bridgehead atoms. The smallest absolute Gasteiger partial charge is 0.220 e. The maximum Gasteiger partial charge on any atom is 0.220 e. The summed E-state index contributed by atoms with van der Waals surface area (Å²) < 4.78 is 0. The van der Waals surface area contributed by atoms with Crippen LogP contribution in [-0.4, -0.2) is 18.7 Å². The van der Waals surface area contributed by atoms with Crippen LogP contribution in [0.4, 0.5) is 0 Å². The molecule has 1 N–H and O–H groups in total. The number of carbonyl (C=O) groups excluding carboxylic acids is 2. The van der Waals surface area contributed by atoms with Crippen molar-refractivity contribution in [3.8, 4) is 0 Å². The maximum atomic E-state index is 11.6. The summed E-state index contributed by atoms with van der Waals surface area (Å²) in [5.74, 6) is -0.175. The molecule has 0 aromatic rings. The van der Waals surface area contributed by atoms with E-state index in [0.29, 0.717) is 13.0 Å². The quantitative estimate of drug-likeness (QED) is 0.648. The van der Waals surface area contributed by atoms with Crippen molar-refractivity contribution in [2.24, 2.45) is 11.3 Å². The number of hydrogen-bond acceptors (Lipinski definition) is 2. The molecule has 1 amide bonds. The van der Waals surface area contributed by atoms with Crippen LogP contribution in [0.25, 0.3) is 0 Å². The van der Waals surface area contributed by atoms with Gasteiger partial charge in [0.2, 0.25) is 5.91 Å². The Morgan fingerprint density at radius 2 is 1.88 bits per heavy atom. The largest absolute Gasteiger partial charge is 0.356 e. The molecule has 0 rings (SSSR count). The van der Waals surface area contributed by atoms with Crippen LogP contribution in [0.1, 0.15) is 53.4 Å². The topological polar surface area (TPSA) is 46.2 Å².